The smallest absolute Gasteiger partial charge is 0.325 e. The van der Waals surface area contributed by atoms with Crippen molar-refractivity contribution in [2.24, 2.45) is 0 Å². The van der Waals surface area contributed by atoms with Crippen molar-refractivity contribution in [1.82, 2.24) is 15.5 Å². The number of aryl methyl sites for hydroxylation is 1. The summed E-state index contributed by atoms with van der Waals surface area (Å²) in [6.45, 7) is 1.50. The Labute approximate surface area is 180 Å². The first-order chi connectivity index (χ1) is 14.5. The molecule has 152 valence electrons. The number of aromatic nitrogens is 2. The second kappa shape index (κ2) is 8.64. The Morgan fingerprint density at radius 1 is 1.17 bits per heavy atom. The largest absolute Gasteiger partial charge is 0.454 e. The number of rotatable bonds is 6. The van der Waals surface area contributed by atoms with E-state index < -0.39 is 11.9 Å². The van der Waals surface area contributed by atoms with Gasteiger partial charge in [-0.05, 0) is 13.0 Å². The third-order valence-corrected chi connectivity index (χ3v) is 5.94. The molecular weight excluding hydrogens is 426 g/mol. The fraction of sp³-hybridized carbons (Fsp3) is 0.143. The van der Waals surface area contributed by atoms with Gasteiger partial charge in [0.15, 0.2) is 6.61 Å². The summed E-state index contributed by atoms with van der Waals surface area (Å²) in [5.74, 6) is -0.486. The lowest BCUT2D eigenvalue weighted by atomic mass is 10.1. The predicted molar refractivity (Wildman–Crippen MR) is 113 cm³/mol. The third kappa shape index (κ3) is 4.34. The molecule has 0 bridgehead atoms. The van der Waals surface area contributed by atoms with Gasteiger partial charge in [-0.1, -0.05) is 64.8 Å². The predicted octanol–water partition coefficient (Wildman–Crippen LogP) is 4.39. The van der Waals surface area contributed by atoms with E-state index in [0.717, 1.165) is 21.2 Å². The van der Waals surface area contributed by atoms with Crippen molar-refractivity contribution in [3.8, 4) is 11.4 Å². The van der Waals surface area contributed by atoms with Crippen LogP contribution in [0.1, 0.15) is 21.1 Å². The molecule has 0 fully saturated rings. The molecule has 4 rings (SSSR count). The molecule has 4 aromatic rings. The Morgan fingerprint density at radius 3 is 2.70 bits per heavy atom. The van der Waals surface area contributed by atoms with Crippen molar-refractivity contribution in [2.45, 2.75) is 13.5 Å². The van der Waals surface area contributed by atoms with Crippen molar-refractivity contribution in [3.63, 3.8) is 0 Å². The van der Waals surface area contributed by atoms with Gasteiger partial charge < -0.3 is 14.6 Å². The molecule has 2 aromatic heterocycles. The summed E-state index contributed by atoms with van der Waals surface area (Å²) in [6.07, 6.45) is 0. The maximum Gasteiger partial charge on any atom is 0.325 e. The average molecular weight is 442 g/mol. The van der Waals surface area contributed by atoms with Gasteiger partial charge in [-0.3, -0.25) is 9.59 Å². The van der Waals surface area contributed by atoms with Gasteiger partial charge in [0.1, 0.15) is 11.4 Å². The fourth-order valence-electron chi connectivity index (χ4n) is 2.72. The van der Waals surface area contributed by atoms with Crippen LogP contribution in [0, 0.1) is 6.92 Å². The Kier molecular flexibility index (Phi) is 5.78. The van der Waals surface area contributed by atoms with E-state index in [4.69, 9.17) is 20.9 Å². The van der Waals surface area contributed by atoms with Crippen LogP contribution in [0.25, 0.3) is 21.5 Å². The van der Waals surface area contributed by atoms with E-state index in [2.05, 4.69) is 15.5 Å². The van der Waals surface area contributed by atoms with Gasteiger partial charge in [0.2, 0.25) is 5.82 Å². The molecule has 0 spiro atoms. The molecule has 0 atom stereocenters. The molecule has 0 unspecified atom stereocenters. The molecule has 9 heteroatoms. The average Bonchev–Trinajstić information content (AvgIpc) is 3.36. The summed E-state index contributed by atoms with van der Waals surface area (Å²) in [7, 11) is 0. The molecule has 7 nitrogen and oxygen atoms in total. The molecule has 0 aliphatic carbocycles. The number of benzene rings is 2. The number of ether oxygens (including phenoxy) is 1. The highest BCUT2D eigenvalue weighted by Gasteiger charge is 2.18. The Bertz CT molecular complexity index is 1220. The van der Waals surface area contributed by atoms with Crippen LogP contribution in [0.15, 0.2) is 53.1 Å². The molecule has 2 aromatic carbocycles. The zero-order valence-electron chi connectivity index (χ0n) is 15.8. The zero-order valence-corrected chi connectivity index (χ0v) is 17.4. The van der Waals surface area contributed by atoms with Crippen LogP contribution in [0.5, 0.6) is 0 Å². The van der Waals surface area contributed by atoms with Crippen molar-refractivity contribution in [1.29, 1.82) is 0 Å². The van der Waals surface area contributed by atoms with Crippen molar-refractivity contribution in [3.05, 3.63) is 69.9 Å². The van der Waals surface area contributed by atoms with Gasteiger partial charge in [0, 0.05) is 15.6 Å². The number of carbonyl (C=O) groups excluding carboxylic acids is 2. The molecule has 0 aliphatic heterocycles. The zero-order chi connectivity index (χ0) is 21.1. The van der Waals surface area contributed by atoms with Crippen LogP contribution < -0.4 is 5.32 Å². The number of amides is 1. The van der Waals surface area contributed by atoms with Crippen molar-refractivity contribution >= 4 is 44.9 Å². The Morgan fingerprint density at radius 2 is 1.93 bits per heavy atom. The minimum Gasteiger partial charge on any atom is -0.454 e. The Hall–Kier alpha value is -3.23. The third-order valence-electron chi connectivity index (χ3n) is 4.27. The number of halogens is 1. The molecular formula is C21H16ClN3O4S. The lowest BCUT2D eigenvalue weighted by Gasteiger charge is -2.04. The van der Waals surface area contributed by atoms with E-state index in [1.54, 1.807) is 0 Å². The van der Waals surface area contributed by atoms with Gasteiger partial charge in [0.25, 0.3) is 11.8 Å². The quantitative estimate of drug-likeness (QED) is 0.446. The topological polar surface area (TPSA) is 94.3 Å². The van der Waals surface area contributed by atoms with Crippen LogP contribution in [0.3, 0.4) is 0 Å². The van der Waals surface area contributed by atoms with Crippen molar-refractivity contribution < 1.29 is 18.8 Å². The van der Waals surface area contributed by atoms with Gasteiger partial charge in [-0.2, -0.15) is 4.98 Å². The monoisotopic (exact) mass is 441 g/mol. The molecule has 0 saturated heterocycles. The van der Waals surface area contributed by atoms with Crippen LogP contribution in [0.2, 0.25) is 5.02 Å². The number of nitrogens with zero attached hydrogens (tertiary/aromatic N) is 2. The minimum atomic E-state index is -0.629. The normalized spacial score (nSPS) is 10.9. The number of hydrogen-bond acceptors (Lipinski definition) is 7. The fourth-order valence-corrected chi connectivity index (χ4v) is 4.15. The molecule has 0 aliphatic rings. The summed E-state index contributed by atoms with van der Waals surface area (Å²) in [5, 5.41) is 7.57. The second-order valence-corrected chi connectivity index (χ2v) is 7.89. The first-order valence-corrected chi connectivity index (χ1v) is 10.2. The van der Waals surface area contributed by atoms with E-state index in [-0.39, 0.29) is 19.0 Å². The molecule has 1 N–H and O–H groups in total. The summed E-state index contributed by atoms with van der Waals surface area (Å²) in [6, 6.07) is 15.1. The van der Waals surface area contributed by atoms with Gasteiger partial charge >= 0.3 is 5.97 Å². The number of carbonyl (C=O) groups is 2. The number of nitrogens with one attached hydrogen (secondary N) is 1. The molecule has 30 heavy (non-hydrogen) atoms. The lowest BCUT2D eigenvalue weighted by Crippen LogP contribution is -2.30. The summed E-state index contributed by atoms with van der Waals surface area (Å²) in [4.78, 5) is 28.9. The standard InChI is InChI=1S/C21H16ClN3O4S/c1-12-6-8-13(9-7-12)20-24-16(29-25-20)11-28-17(26)10-23-21(27)19-18(22)14-4-2-3-5-15(14)30-19/h2-9H,10-11H2,1H3,(H,23,27). The van der Waals surface area contributed by atoms with E-state index in [0.29, 0.717) is 15.7 Å². The van der Waals surface area contributed by atoms with Gasteiger partial charge in [-0.25, -0.2) is 0 Å². The molecule has 1 amide bonds. The minimum absolute atomic E-state index is 0.165. The van der Waals surface area contributed by atoms with Crippen LogP contribution >= 0.6 is 22.9 Å². The molecule has 0 saturated carbocycles. The highest BCUT2D eigenvalue weighted by molar-refractivity contribution is 7.21. The number of thiophene rings is 1. The molecule has 2 heterocycles. The van der Waals surface area contributed by atoms with E-state index in [1.807, 2.05) is 55.5 Å². The summed E-state index contributed by atoms with van der Waals surface area (Å²) >= 11 is 7.54. The first-order valence-electron chi connectivity index (χ1n) is 9.02. The van der Waals surface area contributed by atoms with Crippen LogP contribution in [0.4, 0.5) is 0 Å². The maximum atomic E-state index is 12.4. The SMILES string of the molecule is Cc1ccc(-c2noc(COC(=O)CNC(=O)c3sc4ccccc4c3Cl)n2)cc1. The van der Waals surface area contributed by atoms with Crippen LogP contribution in [-0.2, 0) is 16.1 Å². The summed E-state index contributed by atoms with van der Waals surface area (Å²) in [5.41, 5.74) is 1.92. The highest BCUT2D eigenvalue weighted by Crippen LogP contribution is 2.34. The van der Waals surface area contributed by atoms with Gasteiger partial charge in [0.05, 0.1) is 5.02 Å². The lowest BCUT2D eigenvalue weighted by molar-refractivity contribution is -0.144. The highest BCUT2D eigenvalue weighted by atomic mass is 35.5. The van der Waals surface area contributed by atoms with E-state index in [9.17, 15) is 9.59 Å². The number of fused-ring (bicyclic) bond motifs is 1. The maximum absolute atomic E-state index is 12.4. The van der Waals surface area contributed by atoms with Gasteiger partial charge in [-0.15, -0.1) is 11.3 Å². The number of hydrogen-bond donors (Lipinski definition) is 1. The summed E-state index contributed by atoms with van der Waals surface area (Å²) < 4.78 is 11.1. The first kappa shape index (κ1) is 20.1. The molecule has 0 radical (unpaired) electrons. The van der Waals surface area contributed by atoms with E-state index in [1.165, 1.54) is 11.3 Å². The van der Waals surface area contributed by atoms with Crippen LogP contribution in [-0.4, -0.2) is 28.6 Å². The number of esters is 1. The Balaban J connectivity index is 1.30. The van der Waals surface area contributed by atoms with E-state index >= 15 is 0 Å². The van der Waals surface area contributed by atoms with Crippen molar-refractivity contribution in [2.75, 3.05) is 6.54 Å². The second-order valence-electron chi connectivity index (χ2n) is 6.46.